The minimum atomic E-state index is -0.173. The molecule has 0 atom stereocenters. The molecule has 0 saturated heterocycles. The van der Waals surface area contributed by atoms with Gasteiger partial charge in [-0.05, 0) is 36.5 Å². The molecule has 0 bridgehead atoms. The minimum Gasteiger partial charge on any atom is -0.370 e. The van der Waals surface area contributed by atoms with E-state index in [0.717, 1.165) is 12.8 Å². The number of nitrogens with two attached hydrogens (primary N) is 1. The van der Waals surface area contributed by atoms with Crippen LogP contribution < -0.4 is 5.73 Å². The normalized spacial score (nSPS) is 12.7. The average molecular weight is 255 g/mol. The molecule has 108 valence electrons. The Bertz CT molecular complexity index is 243. The summed E-state index contributed by atoms with van der Waals surface area (Å²) in [7, 11) is 0. The van der Waals surface area contributed by atoms with E-state index in [1.807, 2.05) is 0 Å². The van der Waals surface area contributed by atoms with E-state index in [-0.39, 0.29) is 5.91 Å². The Kier molecular flexibility index (Phi) is 7.58. The van der Waals surface area contributed by atoms with Crippen molar-refractivity contribution in [3.8, 4) is 0 Å². The van der Waals surface area contributed by atoms with Crippen molar-refractivity contribution in [1.82, 2.24) is 0 Å². The molecular weight excluding hydrogens is 222 g/mol. The lowest BCUT2D eigenvalue weighted by molar-refractivity contribution is -0.118. The van der Waals surface area contributed by atoms with Crippen molar-refractivity contribution in [1.29, 1.82) is 0 Å². The molecule has 0 aromatic rings. The minimum absolute atomic E-state index is 0.173. The van der Waals surface area contributed by atoms with Gasteiger partial charge in [-0.2, -0.15) is 0 Å². The summed E-state index contributed by atoms with van der Waals surface area (Å²) in [6, 6.07) is 0. The van der Waals surface area contributed by atoms with Crippen molar-refractivity contribution in [3.63, 3.8) is 0 Å². The average Bonchev–Trinajstić information content (AvgIpc) is 2.14. The molecule has 0 radical (unpaired) electrons. The molecule has 18 heavy (non-hydrogen) atoms. The van der Waals surface area contributed by atoms with Gasteiger partial charge in [-0.15, -0.1) is 0 Å². The zero-order valence-corrected chi connectivity index (χ0v) is 13.1. The standard InChI is InChI=1S/C16H33NO/c1-6-7-8-11-15(2,3)13-16(4,5)12-9-10-14(17)18/h6-13H2,1-5H3,(H2,17,18). The van der Waals surface area contributed by atoms with Crippen molar-refractivity contribution in [2.75, 3.05) is 0 Å². The highest BCUT2D eigenvalue weighted by Gasteiger charge is 2.28. The summed E-state index contributed by atoms with van der Waals surface area (Å²) < 4.78 is 0. The molecule has 1 amide bonds. The van der Waals surface area contributed by atoms with Crippen molar-refractivity contribution in [2.24, 2.45) is 16.6 Å². The van der Waals surface area contributed by atoms with Crippen LogP contribution >= 0.6 is 0 Å². The van der Waals surface area contributed by atoms with Gasteiger partial charge >= 0.3 is 0 Å². The number of amides is 1. The second kappa shape index (κ2) is 7.81. The van der Waals surface area contributed by atoms with Crippen LogP contribution in [0.5, 0.6) is 0 Å². The van der Waals surface area contributed by atoms with E-state index in [1.165, 1.54) is 32.1 Å². The summed E-state index contributed by atoms with van der Waals surface area (Å²) in [6.45, 7) is 11.6. The van der Waals surface area contributed by atoms with Crippen molar-refractivity contribution >= 4 is 5.91 Å². The number of hydrogen-bond acceptors (Lipinski definition) is 1. The van der Waals surface area contributed by atoms with Gasteiger partial charge in [0, 0.05) is 6.42 Å². The number of hydrogen-bond donors (Lipinski definition) is 1. The Labute approximate surface area is 114 Å². The fraction of sp³-hybridized carbons (Fsp3) is 0.938. The van der Waals surface area contributed by atoms with E-state index in [2.05, 4.69) is 34.6 Å². The van der Waals surface area contributed by atoms with Gasteiger partial charge in [0.25, 0.3) is 0 Å². The highest BCUT2D eigenvalue weighted by Crippen LogP contribution is 2.40. The van der Waals surface area contributed by atoms with Crippen molar-refractivity contribution in [2.45, 2.75) is 86.0 Å². The zero-order chi connectivity index (χ0) is 14.2. The fourth-order valence-corrected chi connectivity index (χ4v) is 3.07. The fourth-order valence-electron chi connectivity index (χ4n) is 3.07. The summed E-state index contributed by atoms with van der Waals surface area (Å²) in [4.78, 5) is 10.8. The molecule has 0 aromatic heterocycles. The van der Waals surface area contributed by atoms with Crippen LogP contribution in [0.2, 0.25) is 0 Å². The van der Waals surface area contributed by atoms with Crippen LogP contribution in [0.25, 0.3) is 0 Å². The molecule has 2 nitrogen and oxygen atoms in total. The second-order valence-corrected chi connectivity index (χ2v) is 7.28. The Morgan fingerprint density at radius 1 is 0.944 bits per heavy atom. The highest BCUT2D eigenvalue weighted by atomic mass is 16.1. The van der Waals surface area contributed by atoms with E-state index in [1.54, 1.807) is 0 Å². The van der Waals surface area contributed by atoms with Crippen LogP contribution in [0.15, 0.2) is 0 Å². The number of unbranched alkanes of at least 4 members (excludes halogenated alkanes) is 2. The largest absolute Gasteiger partial charge is 0.370 e. The van der Waals surface area contributed by atoms with Gasteiger partial charge in [-0.1, -0.05) is 53.9 Å². The summed E-state index contributed by atoms with van der Waals surface area (Å²) >= 11 is 0. The van der Waals surface area contributed by atoms with E-state index in [4.69, 9.17) is 5.73 Å². The first kappa shape index (κ1) is 17.5. The number of carbonyl (C=O) groups excluding carboxylic acids is 1. The Morgan fingerprint density at radius 2 is 1.44 bits per heavy atom. The topological polar surface area (TPSA) is 43.1 Å². The highest BCUT2D eigenvalue weighted by molar-refractivity contribution is 5.73. The summed E-state index contributed by atoms with van der Waals surface area (Å²) in [5.41, 5.74) is 5.91. The van der Waals surface area contributed by atoms with Crippen LogP contribution in [0.1, 0.15) is 86.0 Å². The molecule has 0 heterocycles. The lowest BCUT2D eigenvalue weighted by Crippen LogP contribution is -2.24. The SMILES string of the molecule is CCCCCC(C)(C)CC(C)(C)CCCC(N)=O. The predicted molar refractivity (Wildman–Crippen MR) is 79.4 cm³/mol. The number of rotatable bonds is 10. The smallest absolute Gasteiger partial charge is 0.217 e. The van der Waals surface area contributed by atoms with Crippen molar-refractivity contribution < 1.29 is 4.79 Å². The molecule has 0 spiro atoms. The maximum absolute atomic E-state index is 10.8. The quantitative estimate of drug-likeness (QED) is 0.567. The van der Waals surface area contributed by atoms with Gasteiger partial charge in [-0.25, -0.2) is 0 Å². The summed E-state index contributed by atoms with van der Waals surface area (Å²) in [5.74, 6) is -0.173. The third kappa shape index (κ3) is 9.49. The zero-order valence-electron chi connectivity index (χ0n) is 13.1. The van der Waals surface area contributed by atoms with Gasteiger partial charge in [0.05, 0.1) is 0 Å². The first-order chi connectivity index (χ1) is 8.18. The first-order valence-corrected chi connectivity index (χ1v) is 7.47. The van der Waals surface area contributed by atoms with E-state index < -0.39 is 0 Å². The van der Waals surface area contributed by atoms with Crippen LogP contribution in [0.3, 0.4) is 0 Å². The van der Waals surface area contributed by atoms with Gasteiger partial charge in [0.2, 0.25) is 5.91 Å². The second-order valence-electron chi connectivity index (χ2n) is 7.28. The molecule has 0 aliphatic heterocycles. The maximum atomic E-state index is 10.8. The third-order valence-electron chi connectivity index (χ3n) is 3.69. The molecule has 0 fully saturated rings. The lowest BCUT2D eigenvalue weighted by Gasteiger charge is -2.35. The van der Waals surface area contributed by atoms with E-state index >= 15 is 0 Å². The van der Waals surface area contributed by atoms with Crippen LogP contribution in [0, 0.1) is 10.8 Å². The predicted octanol–water partition coefficient (Wildman–Crippen LogP) is 4.66. The van der Waals surface area contributed by atoms with Gasteiger partial charge in [0.1, 0.15) is 0 Å². The summed E-state index contributed by atoms with van der Waals surface area (Å²) in [5, 5.41) is 0. The molecule has 0 rings (SSSR count). The Morgan fingerprint density at radius 3 is 1.89 bits per heavy atom. The monoisotopic (exact) mass is 255 g/mol. The molecule has 0 unspecified atom stereocenters. The molecule has 2 N–H and O–H groups in total. The number of primary amides is 1. The van der Waals surface area contributed by atoms with Gasteiger partial charge in [-0.3, -0.25) is 4.79 Å². The summed E-state index contributed by atoms with van der Waals surface area (Å²) in [6.07, 6.45) is 9.03. The van der Waals surface area contributed by atoms with Gasteiger partial charge in [0.15, 0.2) is 0 Å². The van der Waals surface area contributed by atoms with E-state index in [0.29, 0.717) is 17.3 Å². The molecule has 0 aliphatic rings. The first-order valence-electron chi connectivity index (χ1n) is 7.47. The van der Waals surface area contributed by atoms with E-state index in [9.17, 15) is 4.79 Å². The Balaban J connectivity index is 4.06. The molecule has 0 aliphatic carbocycles. The third-order valence-corrected chi connectivity index (χ3v) is 3.69. The molecule has 0 aromatic carbocycles. The maximum Gasteiger partial charge on any atom is 0.217 e. The lowest BCUT2D eigenvalue weighted by atomic mass is 9.70. The van der Waals surface area contributed by atoms with Crippen LogP contribution in [0.4, 0.5) is 0 Å². The van der Waals surface area contributed by atoms with Gasteiger partial charge < -0.3 is 5.73 Å². The molecular formula is C16H33NO. The molecule has 0 saturated carbocycles. The van der Waals surface area contributed by atoms with Crippen molar-refractivity contribution in [3.05, 3.63) is 0 Å². The van der Waals surface area contributed by atoms with Crippen LogP contribution in [-0.2, 0) is 4.79 Å². The van der Waals surface area contributed by atoms with Crippen LogP contribution in [-0.4, -0.2) is 5.91 Å². The molecule has 2 heteroatoms. The Hall–Kier alpha value is -0.530. The number of carbonyl (C=O) groups is 1.